The molecule has 0 N–H and O–H groups in total. The number of hydrogen-bond acceptors (Lipinski definition) is 1. The van der Waals surface area contributed by atoms with Gasteiger partial charge in [0.2, 0.25) is 0 Å². The molecule has 0 spiro atoms. The Labute approximate surface area is 97.8 Å². The van der Waals surface area contributed by atoms with Crippen molar-refractivity contribution < 1.29 is 4.74 Å². The molecular formula is C15H20O. The molecule has 1 heteroatoms. The molecule has 1 aromatic rings. The van der Waals surface area contributed by atoms with Crippen LogP contribution < -0.4 is 0 Å². The summed E-state index contributed by atoms with van der Waals surface area (Å²) in [6, 6.07) is 10.5. The third-order valence-corrected chi connectivity index (χ3v) is 4.33. The first-order valence-corrected chi connectivity index (χ1v) is 6.53. The van der Waals surface area contributed by atoms with E-state index in [1.54, 1.807) is 0 Å². The fourth-order valence-electron chi connectivity index (χ4n) is 3.48. The molecule has 2 bridgehead atoms. The first kappa shape index (κ1) is 10.3. The average molecular weight is 216 g/mol. The Morgan fingerprint density at radius 2 is 1.94 bits per heavy atom. The molecule has 0 saturated heterocycles. The third kappa shape index (κ3) is 2.15. The molecule has 3 unspecified atom stereocenters. The molecule has 16 heavy (non-hydrogen) atoms. The highest BCUT2D eigenvalue weighted by Gasteiger charge is 2.39. The molecule has 1 nitrogen and oxygen atoms in total. The molecule has 86 valence electrons. The van der Waals surface area contributed by atoms with Gasteiger partial charge < -0.3 is 4.74 Å². The van der Waals surface area contributed by atoms with Crippen molar-refractivity contribution in [1.29, 1.82) is 0 Å². The van der Waals surface area contributed by atoms with Gasteiger partial charge >= 0.3 is 0 Å². The monoisotopic (exact) mass is 216 g/mol. The van der Waals surface area contributed by atoms with Crippen molar-refractivity contribution in [2.75, 3.05) is 6.61 Å². The highest BCUT2D eigenvalue weighted by atomic mass is 16.5. The maximum absolute atomic E-state index is 5.86. The minimum absolute atomic E-state index is 0.786. The summed E-state index contributed by atoms with van der Waals surface area (Å²) in [5.74, 6) is 2.89. The summed E-state index contributed by atoms with van der Waals surface area (Å²) in [5, 5.41) is 0. The molecule has 0 heterocycles. The number of rotatable bonds is 4. The normalized spacial score (nSPS) is 32.1. The van der Waals surface area contributed by atoms with Gasteiger partial charge in [-0.15, -0.1) is 0 Å². The van der Waals surface area contributed by atoms with Crippen molar-refractivity contribution in [3.8, 4) is 0 Å². The highest BCUT2D eigenvalue weighted by Crippen LogP contribution is 2.48. The van der Waals surface area contributed by atoms with E-state index < -0.39 is 0 Å². The van der Waals surface area contributed by atoms with Crippen molar-refractivity contribution in [3.05, 3.63) is 35.9 Å². The predicted molar refractivity (Wildman–Crippen MR) is 65.0 cm³/mol. The molecule has 0 aromatic heterocycles. The second-order valence-corrected chi connectivity index (χ2v) is 5.44. The smallest absolute Gasteiger partial charge is 0.0717 e. The molecule has 0 aliphatic heterocycles. The zero-order valence-corrected chi connectivity index (χ0v) is 9.77. The maximum atomic E-state index is 5.86. The lowest BCUT2D eigenvalue weighted by Gasteiger charge is -2.21. The van der Waals surface area contributed by atoms with Crippen LogP contribution in [0.2, 0.25) is 0 Å². The Morgan fingerprint density at radius 3 is 2.62 bits per heavy atom. The molecule has 0 radical (unpaired) electrons. The third-order valence-electron chi connectivity index (χ3n) is 4.33. The first-order chi connectivity index (χ1) is 7.92. The van der Waals surface area contributed by atoms with Crippen LogP contribution in [0.1, 0.15) is 31.2 Å². The Balaban J connectivity index is 1.44. The van der Waals surface area contributed by atoms with Gasteiger partial charge in [0, 0.05) is 0 Å². The molecular weight excluding hydrogens is 196 g/mol. The summed E-state index contributed by atoms with van der Waals surface area (Å²) in [4.78, 5) is 0. The Hall–Kier alpha value is -0.820. The van der Waals surface area contributed by atoms with Gasteiger partial charge in [0.1, 0.15) is 0 Å². The second kappa shape index (κ2) is 4.58. The van der Waals surface area contributed by atoms with Gasteiger partial charge in [-0.1, -0.05) is 36.8 Å². The Kier molecular flexibility index (Phi) is 2.96. The van der Waals surface area contributed by atoms with Crippen molar-refractivity contribution in [3.63, 3.8) is 0 Å². The summed E-state index contributed by atoms with van der Waals surface area (Å²) in [7, 11) is 0. The van der Waals surface area contributed by atoms with Gasteiger partial charge in [-0.2, -0.15) is 0 Å². The Morgan fingerprint density at radius 1 is 1.06 bits per heavy atom. The van der Waals surface area contributed by atoms with Crippen molar-refractivity contribution in [2.24, 2.45) is 17.8 Å². The molecule has 0 amide bonds. The SMILES string of the molecule is c1ccc(COCC2CC3CCC2C3)cc1. The molecule has 2 aliphatic rings. The molecule has 3 atom stereocenters. The predicted octanol–water partition coefficient (Wildman–Crippen LogP) is 3.64. The van der Waals surface area contributed by atoms with E-state index in [2.05, 4.69) is 30.3 Å². The lowest BCUT2D eigenvalue weighted by atomic mass is 9.90. The van der Waals surface area contributed by atoms with E-state index in [4.69, 9.17) is 4.74 Å². The minimum atomic E-state index is 0.786. The summed E-state index contributed by atoms with van der Waals surface area (Å²) in [5.41, 5.74) is 1.30. The fourth-order valence-corrected chi connectivity index (χ4v) is 3.48. The van der Waals surface area contributed by atoms with Crippen LogP contribution in [0.3, 0.4) is 0 Å². The van der Waals surface area contributed by atoms with Gasteiger partial charge in [0.05, 0.1) is 13.2 Å². The quantitative estimate of drug-likeness (QED) is 0.746. The van der Waals surface area contributed by atoms with E-state index in [0.717, 1.165) is 31.0 Å². The molecule has 2 fully saturated rings. The van der Waals surface area contributed by atoms with Crippen LogP contribution in [0, 0.1) is 17.8 Å². The van der Waals surface area contributed by atoms with Crippen molar-refractivity contribution in [2.45, 2.75) is 32.3 Å². The summed E-state index contributed by atoms with van der Waals surface area (Å²) in [6.07, 6.45) is 5.86. The van der Waals surface area contributed by atoms with Gasteiger partial charge in [-0.05, 0) is 42.6 Å². The summed E-state index contributed by atoms with van der Waals surface area (Å²) >= 11 is 0. The minimum Gasteiger partial charge on any atom is -0.376 e. The van der Waals surface area contributed by atoms with Crippen LogP contribution in [0.25, 0.3) is 0 Å². The van der Waals surface area contributed by atoms with Crippen LogP contribution in [0.5, 0.6) is 0 Å². The highest BCUT2D eigenvalue weighted by molar-refractivity contribution is 5.13. The fraction of sp³-hybridized carbons (Fsp3) is 0.600. The number of benzene rings is 1. The zero-order chi connectivity index (χ0) is 10.8. The maximum Gasteiger partial charge on any atom is 0.0717 e. The second-order valence-electron chi connectivity index (χ2n) is 5.44. The lowest BCUT2D eigenvalue weighted by molar-refractivity contribution is 0.0675. The Bertz CT molecular complexity index is 333. The van der Waals surface area contributed by atoms with E-state index >= 15 is 0 Å². The average Bonchev–Trinajstić information content (AvgIpc) is 2.92. The van der Waals surface area contributed by atoms with Gasteiger partial charge in [0.15, 0.2) is 0 Å². The van der Waals surface area contributed by atoms with E-state index in [1.807, 2.05) is 0 Å². The van der Waals surface area contributed by atoms with Crippen LogP contribution >= 0.6 is 0 Å². The van der Waals surface area contributed by atoms with Gasteiger partial charge in [0.25, 0.3) is 0 Å². The van der Waals surface area contributed by atoms with Crippen LogP contribution in [-0.4, -0.2) is 6.61 Å². The number of hydrogen-bond donors (Lipinski definition) is 0. The van der Waals surface area contributed by atoms with Crippen LogP contribution in [-0.2, 0) is 11.3 Å². The molecule has 3 rings (SSSR count). The summed E-state index contributed by atoms with van der Waals surface area (Å²) < 4.78 is 5.86. The summed E-state index contributed by atoms with van der Waals surface area (Å²) in [6.45, 7) is 1.77. The first-order valence-electron chi connectivity index (χ1n) is 6.53. The van der Waals surface area contributed by atoms with E-state index in [-0.39, 0.29) is 0 Å². The number of fused-ring (bicyclic) bond motifs is 2. The van der Waals surface area contributed by atoms with E-state index in [9.17, 15) is 0 Å². The van der Waals surface area contributed by atoms with E-state index in [0.29, 0.717) is 0 Å². The van der Waals surface area contributed by atoms with E-state index in [1.165, 1.54) is 31.2 Å². The molecule has 2 aliphatic carbocycles. The lowest BCUT2D eigenvalue weighted by Crippen LogP contribution is -2.16. The topological polar surface area (TPSA) is 9.23 Å². The standard InChI is InChI=1S/C15H20O/c1-2-4-12(5-3-1)10-16-11-15-9-13-6-7-14(15)8-13/h1-5,13-15H,6-11H2. The molecule has 2 saturated carbocycles. The molecule has 1 aromatic carbocycles. The number of ether oxygens (including phenoxy) is 1. The van der Waals surface area contributed by atoms with Gasteiger partial charge in [-0.25, -0.2) is 0 Å². The van der Waals surface area contributed by atoms with Crippen LogP contribution in [0.15, 0.2) is 30.3 Å². The zero-order valence-electron chi connectivity index (χ0n) is 9.77. The van der Waals surface area contributed by atoms with Crippen molar-refractivity contribution >= 4 is 0 Å². The van der Waals surface area contributed by atoms with Crippen LogP contribution in [0.4, 0.5) is 0 Å². The van der Waals surface area contributed by atoms with Crippen molar-refractivity contribution in [1.82, 2.24) is 0 Å². The van der Waals surface area contributed by atoms with Gasteiger partial charge in [-0.3, -0.25) is 0 Å². The largest absolute Gasteiger partial charge is 0.376 e.